The molecule has 86 valence electrons. The summed E-state index contributed by atoms with van der Waals surface area (Å²) in [6, 6.07) is 1.82. The molecule has 2 N–H and O–H groups in total. The largest absolute Gasteiger partial charge is 0.418 e. The number of halogens is 1. The summed E-state index contributed by atoms with van der Waals surface area (Å²) >= 11 is 6.22. The Morgan fingerprint density at radius 2 is 2.29 bits per heavy atom. The fourth-order valence-electron chi connectivity index (χ4n) is 1.55. The van der Waals surface area contributed by atoms with Crippen LogP contribution in [0.4, 0.5) is 0 Å². The topological polar surface area (TPSA) is 87.8 Å². The van der Waals surface area contributed by atoms with E-state index in [4.69, 9.17) is 21.1 Å². The lowest BCUT2D eigenvalue weighted by atomic mass is 10.2. The van der Waals surface area contributed by atoms with Gasteiger partial charge in [0, 0.05) is 17.8 Å². The molecule has 0 radical (unpaired) electrons. The van der Waals surface area contributed by atoms with Gasteiger partial charge in [-0.3, -0.25) is 0 Å². The number of nitrogens with zero attached hydrogens (tertiary/aromatic N) is 3. The van der Waals surface area contributed by atoms with Crippen molar-refractivity contribution >= 4 is 22.6 Å². The van der Waals surface area contributed by atoms with E-state index in [0.717, 1.165) is 5.39 Å². The number of aromatic nitrogens is 4. The number of nitrogens with one attached hydrogen (secondary N) is 1. The summed E-state index contributed by atoms with van der Waals surface area (Å²) in [6.07, 6.45) is 3.30. The number of aliphatic hydroxyl groups is 1. The molecule has 0 aromatic carbocycles. The van der Waals surface area contributed by atoms with E-state index in [-0.39, 0.29) is 18.4 Å². The van der Waals surface area contributed by atoms with Crippen LogP contribution < -0.4 is 0 Å². The Morgan fingerprint density at radius 1 is 1.41 bits per heavy atom. The summed E-state index contributed by atoms with van der Waals surface area (Å²) in [6.45, 7) is -0.301. The molecule has 0 aliphatic rings. The first kappa shape index (κ1) is 10.2. The molecule has 0 saturated carbocycles. The van der Waals surface area contributed by atoms with Gasteiger partial charge in [-0.15, -0.1) is 10.2 Å². The molecule has 0 spiro atoms. The fraction of sp³-hybridized carbons (Fsp3) is 0.100. The number of fused-ring (bicyclic) bond motifs is 1. The van der Waals surface area contributed by atoms with Gasteiger partial charge < -0.3 is 14.5 Å². The van der Waals surface area contributed by atoms with Crippen molar-refractivity contribution in [3.05, 3.63) is 29.4 Å². The highest BCUT2D eigenvalue weighted by Crippen LogP contribution is 2.31. The second-order valence-electron chi connectivity index (χ2n) is 3.38. The molecule has 17 heavy (non-hydrogen) atoms. The Balaban J connectivity index is 2.19. The van der Waals surface area contributed by atoms with Gasteiger partial charge in [0.25, 0.3) is 5.89 Å². The second-order valence-corrected chi connectivity index (χ2v) is 3.76. The second kappa shape index (κ2) is 3.83. The summed E-state index contributed by atoms with van der Waals surface area (Å²) < 4.78 is 5.22. The Labute approximate surface area is 100 Å². The zero-order valence-corrected chi connectivity index (χ0v) is 9.27. The van der Waals surface area contributed by atoms with Gasteiger partial charge in [0.2, 0.25) is 5.89 Å². The normalized spacial score (nSPS) is 11.2. The maximum atomic E-state index is 8.86. The Bertz CT molecular complexity index is 676. The fourth-order valence-corrected chi connectivity index (χ4v) is 1.83. The lowest BCUT2D eigenvalue weighted by Gasteiger charge is -1.99. The highest BCUT2D eigenvalue weighted by molar-refractivity contribution is 6.37. The lowest BCUT2D eigenvalue weighted by molar-refractivity contribution is 0.241. The molecule has 0 aliphatic carbocycles. The molecule has 6 nitrogen and oxygen atoms in total. The molecule has 3 aromatic heterocycles. The molecule has 3 aromatic rings. The van der Waals surface area contributed by atoms with Gasteiger partial charge >= 0.3 is 0 Å². The quantitative estimate of drug-likeness (QED) is 0.724. The van der Waals surface area contributed by atoms with Crippen LogP contribution in [0.3, 0.4) is 0 Å². The van der Waals surface area contributed by atoms with Crippen molar-refractivity contribution < 1.29 is 9.52 Å². The van der Waals surface area contributed by atoms with E-state index < -0.39 is 0 Å². The van der Waals surface area contributed by atoms with Gasteiger partial charge in [0.15, 0.2) is 0 Å². The Morgan fingerprint density at radius 3 is 3.06 bits per heavy atom. The summed E-state index contributed by atoms with van der Waals surface area (Å²) in [7, 11) is 0. The van der Waals surface area contributed by atoms with E-state index in [1.807, 2.05) is 6.07 Å². The highest BCUT2D eigenvalue weighted by Gasteiger charge is 2.14. The van der Waals surface area contributed by atoms with Crippen molar-refractivity contribution in [2.24, 2.45) is 0 Å². The van der Waals surface area contributed by atoms with Crippen LogP contribution in [0.25, 0.3) is 22.5 Å². The molecule has 0 aliphatic heterocycles. The molecule has 0 fully saturated rings. The summed E-state index contributed by atoms with van der Waals surface area (Å²) in [4.78, 5) is 7.14. The van der Waals surface area contributed by atoms with Gasteiger partial charge in [-0.2, -0.15) is 0 Å². The van der Waals surface area contributed by atoms with E-state index in [1.165, 1.54) is 0 Å². The molecular weight excluding hydrogens is 244 g/mol. The predicted octanol–water partition coefficient (Wildman–Crippen LogP) is 1.76. The van der Waals surface area contributed by atoms with E-state index in [2.05, 4.69) is 20.2 Å². The molecule has 0 unspecified atom stereocenters. The van der Waals surface area contributed by atoms with Crippen LogP contribution >= 0.6 is 11.6 Å². The number of pyridine rings is 1. The molecule has 3 heterocycles. The zero-order valence-electron chi connectivity index (χ0n) is 8.51. The predicted molar refractivity (Wildman–Crippen MR) is 60.3 cm³/mol. The number of aromatic amines is 1. The SMILES string of the molecule is OCc1nnc(-c2cnc3[nH]ccc3c2Cl)o1. The van der Waals surface area contributed by atoms with E-state index in [0.29, 0.717) is 16.2 Å². The standard InChI is InChI=1S/C10H7ClN4O2/c11-8-5-1-2-12-9(5)13-3-6(8)10-15-14-7(4-16)17-10/h1-3,16H,4H2,(H,12,13). The third kappa shape index (κ3) is 1.58. The third-order valence-corrected chi connectivity index (χ3v) is 2.76. The minimum atomic E-state index is -0.301. The van der Waals surface area contributed by atoms with Crippen molar-refractivity contribution in [1.82, 2.24) is 20.2 Å². The van der Waals surface area contributed by atoms with Crippen LogP contribution in [0.1, 0.15) is 5.89 Å². The molecule has 0 saturated heterocycles. The number of hydrogen-bond donors (Lipinski definition) is 2. The zero-order chi connectivity index (χ0) is 11.8. The minimum Gasteiger partial charge on any atom is -0.418 e. The number of hydrogen-bond acceptors (Lipinski definition) is 5. The van der Waals surface area contributed by atoms with E-state index >= 15 is 0 Å². The summed E-state index contributed by atoms with van der Waals surface area (Å²) in [5.74, 6) is 0.389. The van der Waals surface area contributed by atoms with Crippen LogP contribution in [-0.4, -0.2) is 25.3 Å². The average Bonchev–Trinajstić information content (AvgIpc) is 2.97. The number of H-pyrrole nitrogens is 1. The van der Waals surface area contributed by atoms with Crippen LogP contribution in [0.15, 0.2) is 22.9 Å². The van der Waals surface area contributed by atoms with Gasteiger partial charge in [-0.1, -0.05) is 11.6 Å². The molecule has 3 rings (SSSR count). The van der Waals surface area contributed by atoms with Gasteiger partial charge in [-0.05, 0) is 6.07 Å². The van der Waals surface area contributed by atoms with Crippen LogP contribution in [0.2, 0.25) is 5.02 Å². The first-order valence-electron chi connectivity index (χ1n) is 4.85. The maximum Gasteiger partial charge on any atom is 0.250 e. The summed E-state index contributed by atoms with van der Waals surface area (Å²) in [5.41, 5.74) is 1.24. The molecular formula is C10H7ClN4O2. The first-order valence-corrected chi connectivity index (χ1v) is 5.22. The van der Waals surface area contributed by atoms with Crippen LogP contribution in [-0.2, 0) is 6.61 Å². The van der Waals surface area contributed by atoms with Crippen molar-refractivity contribution in [1.29, 1.82) is 0 Å². The lowest BCUT2D eigenvalue weighted by Crippen LogP contribution is -1.84. The van der Waals surface area contributed by atoms with Crippen molar-refractivity contribution in [3.63, 3.8) is 0 Å². The number of aliphatic hydroxyl groups excluding tert-OH is 1. The van der Waals surface area contributed by atoms with Crippen molar-refractivity contribution in [2.45, 2.75) is 6.61 Å². The van der Waals surface area contributed by atoms with Crippen molar-refractivity contribution in [2.75, 3.05) is 0 Å². The van der Waals surface area contributed by atoms with Gasteiger partial charge in [0.1, 0.15) is 12.3 Å². The maximum absolute atomic E-state index is 8.86. The smallest absolute Gasteiger partial charge is 0.250 e. The number of rotatable bonds is 2. The van der Waals surface area contributed by atoms with Crippen LogP contribution in [0.5, 0.6) is 0 Å². The van der Waals surface area contributed by atoms with E-state index in [9.17, 15) is 0 Å². The molecule has 0 amide bonds. The average molecular weight is 251 g/mol. The Kier molecular flexibility index (Phi) is 2.31. The van der Waals surface area contributed by atoms with Crippen molar-refractivity contribution in [3.8, 4) is 11.5 Å². The summed E-state index contributed by atoms with van der Waals surface area (Å²) in [5, 5.41) is 17.6. The van der Waals surface area contributed by atoms with Gasteiger partial charge in [-0.25, -0.2) is 4.98 Å². The monoisotopic (exact) mass is 250 g/mol. The third-order valence-electron chi connectivity index (χ3n) is 2.35. The highest BCUT2D eigenvalue weighted by atomic mass is 35.5. The van der Waals surface area contributed by atoms with Gasteiger partial charge in [0.05, 0.1) is 10.6 Å². The Hall–Kier alpha value is -1.92. The van der Waals surface area contributed by atoms with E-state index in [1.54, 1.807) is 12.4 Å². The van der Waals surface area contributed by atoms with Crippen LogP contribution in [0, 0.1) is 0 Å². The minimum absolute atomic E-state index is 0.144. The molecule has 0 bridgehead atoms. The first-order chi connectivity index (χ1) is 8.29. The molecule has 0 atom stereocenters. The molecule has 7 heteroatoms.